The van der Waals surface area contributed by atoms with E-state index in [9.17, 15) is 4.79 Å². The molecule has 0 aliphatic heterocycles. The lowest BCUT2D eigenvalue weighted by atomic mass is 9.93. The van der Waals surface area contributed by atoms with Gasteiger partial charge < -0.3 is 5.32 Å². The van der Waals surface area contributed by atoms with E-state index in [0.717, 1.165) is 13.0 Å². The van der Waals surface area contributed by atoms with Crippen LogP contribution in [0.5, 0.6) is 0 Å². The summed E-state index contributed by atoms with van der Waals surface area (Å²) < 4.78 is 0. The predicted octanol–water partition coefficient (Wildman–Crippen LogP) is 2.23. The van der Waals surface area contributed by atoms with E-state index in [1.807, 2.05) is 6.07 Å². The van der Waals surface area contributed by atoms with Gasteiger partial charge in [-0.1, -0.05) is 13.3 Å². The molecule has 0 aromatic rings. The first-order valence-electron chi connectivity index (χ1n) is 5.65. The summed E-state index contributed by atoms with van der Waals surface area (Å²) in [6.07, 6.45) is 4.78. The van der Waals surface area contributed by atoms with Crippen molar-refractivity contribution in [3.63, 3.8) is 0 Å². The summed E-state index contributed by atoms with van der Waals surface area (Å²) in [5.74, 6) is -0.146. The van der Waals surface area contributed by atoms with E-state index in [2.05, 4.69) is 12.2 Å². The number of carbonyl (C=O) groups excluding carboxylic acids is 1. The average molecular weight is 208 g/mol. The molecule has 3 nitrogen and oxygen atoms in total. The van der Waals surface area contributed by atoms with Gasteiger partial charge in [-0.15, -0.1) is 0 Å². The lowest BCUT2D eigenvalue weighted by Gasteiger charge is -2.19. The quantitative estimate of drug-likeness (QED) is 0.753. The molecule has 0 bridgehead atoms. The minimum absolute atomic E-state index is 0.146. The summed E-state index contributed by atoms with van der Waals surface area (Å²) in [4.78, 5) is 11.6. The van der Waals surface area contributed by atoms with Crippen molar-refractivity contribution in [3.05, 3.63) is 0 Å². The Balaban J connectivity index is 2.39. The molecule has 1 fully saturated rings. The van der Waals surface area contributed by atoms with Gasteiger partial charge in [0.1, 0.15) is 5.41 Å². The van der Waals surface area contributed by atoms with Crippen molar-refractivity contribution in [2.24, 2.45) is 10.8 Å². The van der Waals surface area contributed by atoms with Crippen molar-refractivity contribution in [2.75, 3.05) is 6.54 Å². The number of nitriles is 1. The largest absolute Gasteiger partial charge is 0.354 e. The third kappa shape index (κ3) is 2.95. The summed E-state index contributed by atoms with van der Waals surface area (Å²) >= 11 is 0. The van der Waals surface area contributed by atoms with Crippen LogP contribution in [0.25, 0.3) is 0 Å². The van der Waals surface area contributed by atoms with Gasteiger partial charge in [-0.05, 0) is 38.5 Å². The second kappa shape index (κ2) is 4.22. The Bertz CT molecular complexity index is 284. The van der Waals surface area contributed by atoms with Crippen LogP contribution >= 0.6 is 0 Å². The normalized spacial score (nSPS) is 18.0. The van der Waals surface area contributed by atoms with Gasteiger partial charge in [-0.25, -0.2) is 0 Å². The first-order chi connectivity index (χ1) is 6.96. The molecule has 1 aliphatic rings. The predicted molar refractivity (Wildman–Crippen MR) is 59.0 cm³/mol. The molecule has 1 saturated carbocycles. The summed E-state index contributed by atoms with van der Waals surface area (Å²) in [7, 11) is 0. The van der Waals surface area contributed by atoms with Gasteiger partial charge in [0.2, 0.25) is 5.91 Å². The summed E-state index contributed by atoms with van der Waals surface area (Å²) in [6.45, 7) is 6.22. The standard InChI is InChI=1S/C12H20N2O/c1-4-5-12(6-7-12)9-14-10(15)11(2,3)8-13/h4-7,9H2,1-3H3,(H,14,15). The topological polar surface area (TPSA) is 52.9 Å². The molecule has 0 unspecified atom stereocenters. The lowest BCUT2D eigenvalue weighted by molar-refractivity contribution is -0.127. The SMILES string of the molecule is CCCC1(CNC(=O)C(C)(C)C#N)CC1. The molecule has 0 aromatic carbocycles. The van der Waals surface area contributed by atoms with Crippen molar-refractivity contribution >= 4 is 5.91 Å². The van der Waals surface area contributed by atoms with Crippen LogP contribution < -0.4 is 5.32 Å². The highest BCUT2D eigenvalue weighted by Gasteiger charge is 2.42. The fraction of sp³-hybridized carbons (Fsp3) is 0.833. The van der Waals surface area contributed by atoms with Gasteiger partial charge in [-0.3, -0.25) is 4.79 Å². The highest BCUT2D eigenvalue weighted by atomic mass is 16.2. The number of hydrogen-bond acceptors (Lipinski definition) is 2. The van der Waals surface area contributed by atoms with E-state index in [1.54, 1.807) is 13.8 Å². The Morgan fingerprint density at radius 2 is 2.13 bits per heavy atom. The molecule has 1 rings (SSSR count). The molecule has 1 N–H and O–H groups in total. The fourth-order valence-electron chi connectivity index (χ4n) is 1.76. The van der Waals surface area contributed by atoms with Crippen LogP contribution in [0.4, 0.5) is 0 Å². The number of nitrogens with zero attached hydrogens (tertiary/aromatic N) is 1. The molecule has 0 heterocycles. The number of nitrogens with one attached hydrogen (secondary N) is 1. The maximum atomic E-state index is 11.6. The van der Waals surface area contributed by atoms with Crippen molar-refractivity contribution < 1.29 is 4.79 Å². The van der Waals surface area contributed by atoms with Crippen LogP contribution in [0.1, 0.15) is 46.5 Å². The second-order valence-corrected chi connectivity index (χ2v) is 5.17. The minimum atomic E-state index is -0.901. The van der Waals surface area contributed by atoms with Crippen molar-refractivity contribution in [3.8, 4) is 6.07 Å². The number of hydrogen-bond donors (Lipinski definition) is 1. The average Bonchev–Trinajstić information content (AvgIpc) is 2.95. The van der Waals surface area contributed by atoms with E-state index in [0.29, 0.717) is 5.41 Å². The van der Waals surface area contributed by atoms with Gasteiger partial charge >= 0.3 is 0 Å². The highest BCUT2D eigenvalue weighted by molar-refractivity contribution is 5.84. The molecule has 0 aromatic heterocycles. The Hall–Kier alpha value is -1.04. The van der Waals surface area contributed by atoms with Crippen LogP contribution in [-0.4, -0.2) is 12.5 Å². The molecule has 0 saturated heterocycles. The first kappa shape index (κ1) is 12.0. The Labute approximate surface area is 91.9 Å². The molecule has 1 amide bonds. The minimum Gasteiger partial charge on any atom is -0.354 e. The van der Waals surface area contributed by atoms with Crippen LogP contribution in [-0.2, 0) is 4.79 Å². The maximum Gasteiger partial charge on any atom is 0.239 e. The Morgan fingerprint density at radius 1 is 1.53 bits per heavy atom. The van der Waals surface area contributed by atoms with Gasteiger partial charge in [0.25, 0.3) is 0 Å². The van der Waals surface area contributed by atoms with Crippen LogP contribution in [0.2, 0.25) is 0 Å². The number of rotatable bonds is 5. The summed E-state index contributed by atoms with van der Waals surface area (Å²) in [6, 6.07) is 2.02. The van der Waals surface area contributed by atoms with Crippen LogP contribution in [0.3, 0.4) is 0 Å². The van der Waals surface area contributed by atoms with Crippen molar-refractivity contribution in [1.29, 1.82) is 5.26 Å². The molecular weight excluding hydrogens is 188 g/mol. The zero-order valence-electron chi connectivity index (χ0n) is 9.89. The zero-order chi connectivity index (χ0) is 11.5. The highest BCUT2D eigenvalue weighted by Crippen LogP contribution is 2.48. The molecule has 84 valence electrons. The molecule has 0 radical (unpaired) electrons. The molecule has 1 aliphatic carbocycles. The number of carbonyl (C=O) groups is 1. The molecule has 15 heavy (non-hydrogen) atoms. The van der Waals surface area contributed by atoms with Gasteiger partial charge in [0.05, 0.1) is 6.07 Å². The van der Waals surface area contributed by atoms with Gasteiger partial charge in [0, 0.05) is 6.54 Å². The summed E-state index contributed by atoms with van der Waals surface area (Å²) in [5, 5.41) is 11.7. The first-order valence-corrected chi connectivity index (χ1v) is 5.65. The molecular formula is C12H20N2O. The van der Waals surface area contributed by atoms with E-state index in [-0.39, 0.29) is 5.91 Å². The second-order valence-electron chi connectivity index (χ2n) is 5.17. The molecule has 3 heteroatoms. The third-order valence-corrected chi connectivity index (χ3v) is 3.21. The molecule has 0 atom stereocenters. The molecule has 0 spiro atoms. The monoisotopic (exact) mass is 208 g/mol. The maximum absolute atomic E-state index is 11.6. The smallest absolute Gasteiger partial charge is 0.239 e. The lowest BCUT2D eigenvalue weighted by Crippen LogP contribution is -2.39. The van der Waals surface area contributed by atoms with E-state index in [1.165, 1.54) is 19.3 Å². The zero-order valence-corrected chi connectivity index (χ0v) is 9.89. The van der Waals surface area contributed by atoms with Crippen LogP contribution in [0.15, 0.2) is 0 Å². The Morgan fingerprint density at radius 3 is 2.53 bits per heavy atom. The van der Waals surface area contributed by atoms with E-state index >= 15 is 0 Å². The fourth-order valence-corrected chi connectivity index (χ4v) is 1.76. The van der Waals surface area contributed by atoms with Crippen molar-refractivity contribution in [2.45, 2.75) is 46.5 Å². The third-order valence-electron chi connectivity index (χ3n) is 3.21. The van der Waals surface area contributed by atoms with Gasteiger partial charge in [-0.2, -0.15) is 5.26 Å². The van der Waals surface area contributed by atoms with Gasteiger partial charge in [0.15, 0.2) is 0 Å². The number of amides is 1. The van der Waals surface area contributed by atoms with E-state index in [4.69, 9.17) is 5.26 Å². The van der Waals surface area contributed by atoms with Crippen LogP contribution in [0, 0.1) is 22.2 Å². The summed E-state index contributed by atoms with van der Waals surface area (Å²) in [5.41, 5.74) is -0.543. The van der Waals surface area contributed by atoms with E-state index < -0.39 is 5.41 Å². The van der Waals surface area contributed by atoms with Crippen molar-refractivity contribution in [1.82, 2.24) is 5.32 Å². The Kier molecular flexibility index (Phi) is 3.38.